The molecule has 14 heavy (non-hydrogen) atoms. The van der Waals surface area contributed by atoms with Crippen LogP contribution in [-0.4, -0.2) is 43.0 Å². The Kier molecular flexibility index (Phi) is 3.57. The lowest BCUT2D eigenvalue weighted by Gasteiger charge is -2.21. The fourth-order valence-electron chi connectivity index (χ4n) is 1.23. The second-order valence-corrected chi connectivity index (χ2v) is 3.09. The molecule has 0 N–H and O–H groups in total. The van der Waals surface area contributed by atoms with E-state index in [2.05, 4.69) is 4.74 Å². The molecule has 3 nitrogen and oxygen atoms in total. The Morgan fingerprint density at radius 2 is 2.07 bits per heavy atom. The largest absolute Gasteiger partial charge is 0.462 e. The molecule has 0 bridgehead atoms. The summed E-state index contributed by atoms with van der Waals surface area (Å²) in [5.41, 5.74) is 0. The summed E-state index contributed by atoms with van der Waals surface area (Å²) in [7, 11) is 0. The highest BCUT2D eigenvalue weighted by Crippen LogP contribution is 2.18. The molecule has 0 unspecified atom stereocenters. The fourth-order valence-corrected chi connectivity index (χ4v) is 1.23. The monoisotopic (exact) mass is 205 g/mol. The van der Waals surface area contributed by atoms with Gasteiger partial charge >= 0.3 is 11.9 Å². The van der Waals surface area contributed by atoms with Crippen molar-refractivity contribution in [3.8, 4) is 0 Å². The van der Waals surface area contributed by atoms with Gasteiger partial charge in [0.1, 0.15) is 0 Å². The first kappa shape index (κ1) is 11.1. The van der Waals surface area contributed by atoms with Gasteiger partial charge in [0.15, 0.2) is 0 Å². The molecule has 1 heterocycles. The van der Waals surface area contributed by atoms with E-state index in [1.165, 1.54) is 11.8 Å². The Bertz CT molecular complexity index is 233. The molecule has 0 spiro atoms. The van der Waals surface area contributed by atoms with E-state index < -0.39 is 18.4 Å². The standard InChI is InChI=1S/C9H13F2NO2/c1-2-14-8(13)9(10,11)7-12-5-3-4-6-12/h3-4H,2,5-7H2,1H3. The molecule has 0 aliphatic carbocycles. The van der Waals surface area contributed by atoms with Gasteiger partial charge < -0.3 is 4.74 Å². The number of hydrogen-bond donors (Lipinski definition) is 0. The number of esters is 1. The van der Waals surface area contributed by atoms with Crippen LogP contribution in [0.1, 0.15) is 6.92 Å². The third kappa shape index (κ3) is 2.77. The van der Waals surface area contributed by atoms with Crippen LogP contribution in [0.5, 0.6) is 0 Å². The topological polar surface area (TPSA) is 29.5 Å². The molecular weight excluding hydrogens is 192 g/mol. The minimum absolute atomic E-state index is 0.0212. The molecule has 1 aliphatic rings. The van der Waals surface area contributed by atoms with Gasteiger partial charge in [-0.1, -0.05) is 12.2 Å². The maximum atomic E-state index is 13.1. The number of nitrogens with zero attached hydrogens (tertiary/aromatic N) is 1. The molecule has 0 fully saturated rings. The Morgan fingerprint density at radius 3 is 2.57 bits per heavy atom. The third-order valence-electron chi connectivity index (χ3n) is 1.89. The van der Waals surface area contributed by atoms with E-state index in [9.17, 15) is 13.6 Å². The normalized spacial score (nSPS) is 17.4. The summed E-state index contributed by atoms with van der Waals surface area (Å²) < 4.78 is 30.5. The van der Waals surface area contributed by atoms with Crippen molar-refractivity contribution in [1.82, 2.24) is 4.90 Å². The van der Waals surface area contributed by atoms with Crippen molar-refractivity contribution in [2.45, 2.75) is 12.8 Å². The van der Waals surface area contributed by atoms with Crippen LogP contribution in [0.4, 0.5) is 8.78 Å². The molecule has 0 aromatic heterocycles. The fraction of sp³-hybridized carbons (Fsp3) is 0.667. The van der Waals surface area contributed by atoms with Crippen LogP contribution in [0.25, 0.3) is 0 Å². The maximum absolute atomic E-state index is 13.1. The summed E-state index contributed by atoms with van der Waals surface area (Å²) in [6.45, 7) is 1.85. The number of halogens is 2. The highest BCUT2D eigenvalue weighted by Gasteiger charge is 2.42. The summed E-state index contributed by atoms with van der Waals surface area (Å²) in [4.78, 5) is 12.3. The summed E-state index contributed by atoms with van der Waals surface area (Å²) in [5.74, 6) is -4.84. The van der Waals surface area contributed by atoms with Crippen molar-refractivity contribution in [1.29, 1.82) is 0 Å². The van der Waals surface area contributed by atoms with Crippen LogP contribution >= 0.6 is 0 Å². The molecule has 0 aromatic rings. The first-order valence-electron chi connectivity index (χ1n) is 4.48. The molecule has 80 valence electrons. The average molecular weight is 205 g/mol. The predicted octanol–water partition coefficient (Wildman–Crippen LogP) is 1.06. The molecule has 0 atom stereocenters. The molecule has 1 aliphatic heterocycles. The van der Waals surface area contributed by atoms with Crippen LogP contribution in [0.15, 0.2) is 12.2 Å². The minimum atomic E-state index is -3.40. The van der Waals surface area contributed by atoms with Crippen LogP contribution in [-0.2, 0) is 9.53 Å². The van der Waals surface area contributed by atoms with Crippen molar-refractivity contribution in [3.63, 3.8) is 0 Å². The zero-order valence-corrected chi connectivity index (χ0v) is 8.00. The number of carbonyl (C=O) groups is 1. The van der Waals surface area contributed by atoms with Gasteiger partial charge in [0.2, 0.25) is 0 Å². The van der Waals surface area contributed by atoms with Gasteiger partial charge in [0.05, 0.1) is 13.2 Å². The van der Waals surface area contributed by atoms with Crippen molar-refractivity contribution < 1.29 is 18.3 Å². The summed E-state index contributed by atoms with van der Waals surface area (Å²) >= 11 is 0. The molecule has 0 saturated heterocycles. The van der Waals surface area contributed by atoms with E-state index >= 15 is 0 Å². The van der Waals surface area contributed by atoms with E-state index in [1.807, 2.05) is 0 Å². The molecule has 1 rings (SSSR count). The summed E-state index contributed by atoms with van der Waals surface area (Å²) in [6, 6.07) is 0. The maximum Gasteiger partial charge on any atom is 0.378 e. The van der Waals surface area contributed by atoms with Gasteiger partial charge in [-0.2, -0.15) is 8.78 Å². The first-order chi connectivity index (χ1) is 6.56. The number of rotatable bonds is 4. The Labute approximate surface area is 81.3 Å². The first-order valence-corrected chi connectivity index (χ1v) is 4.48. The highest BCUT2D eigenvalue weighted by atomic mass is 19.3. The lowest BCUT2D eigenvalue weighted by Crippen LogP contribution is -2.42. The minimum Gasteiger partial charge on any atom is -0.462 e. The van der Waals surface area contributed by atoms with Gasteiger partial charge in [0.25, 0.3) is 0 Å². The Hall–Kier alpha value is -0.970. The SMILES string of the molecule is CCOC(=O)C(F)(F)CN1CC=CC1. The molecule has 5 heteroatoms. The van der Waals surface area contributed by atoms with Gasteiger partial charge in [-0.05, 0) is 6.92 Å². The van der Waals surface area contributed by atoms with E-state index in [0.717, 1.165) is 0 Å². The highest BCUT2D eigenvalue weighted by molar-refractivity contribution is 5.77. The van der Waals surface area contributed by atoms with Crippen molar-refractivity contribution in [3.05, 3.63) is 12.2 Å². The second kappa shape index (κ2) is 4.50. The smallest absolute Gasteiger partial charge is 0.378 e. The quantitative estimate of drug-likeness (QED) is 0.507. The third-order valence-corrected chi connectivity index (χ3v) is 1.89. The summed E-state index contributed by atoms with van der Waals surface area (Å²) in [6.07, 6.45) is 3.59. The van der Waals surface area contributed by atoms with Gasteiger partial charge in [0, 0.05) is 13.1 Å². The van der Waals surface area contributed by atoms with Crippen LogP contribution < -0.4 is 0 Å². The molecule has 0 saturated carbocycles. The average Bonchev–Trinajstić information content (AvgIpc) is 2.56. The van der Waals surface area contributed by atoms with Gasteiger partial charge in [-0.3, -0.25) is 4.90 Å². The zero-order chi connectivity index (χ0) is 10.6. The van der Waals surface area contributed by atoms with Crippen LogP contribution in [0, 0.1) is 0 Å². The zero-order valence-electron chi connectivity index (χ0n) is 8.00. The second-order valence-electron chi connectivity index (χ2n) is 3.09. The van der Waals surface area contributed by atoms with Gasteiger partial charge in [-0.15, -0.1) is 0 Å². The molecule has 0 aromatic carbocycles. The van der Waals surface area contributed by atoms with Crippen molar-refractivity contribution in [2.24, 2.45) is 0 Å². The van der Waals surface area contributed by atoms with E-state index in [1.54, 1.807) is 12.2 Å². The molecule has 0 amide bonds. The summed E-state index contributed by atoms with van der Waals surface area (Å²) in [5, 5.41) is 0. The van der Waals surface area contributed by atoms with Gasteiger partial charge in [-0.25, -0.2) is 4.79 Å². The molecular formula is C9H13F2NO2. The predicted molar refractivity (Wildman–Crippen MR) is 47.2 cm³/mol. The van der Waals surface area contributed by atoms with Crippen LogP contribution in [0.2, 0.25) is 0 Å². The lowest BCUT2D eigenvalue weighted by atomic mass is 10.3. The van der Waals surface area contributed by atoms with E-state index in [4.69, 9.17) is 0 Å². The molecule has 0 radical (unpaired) electrons. The number of ether oxygens (including phenoxy) is 1. The Morgan fingerprint density at radius 1 is 1.50 bits per heavy atom. The Balaban J connectivity index is 2.43. The number of hydrogen-bond acceptors (Lipinski definition) is 3. The van der Waals surface area contributed by atoms with E-state index in [0.29, 0.717) is 13.1 Å². The number of alkyl halides is 2. The van der Waals surface area contributed by atoms with E-state index in [-0.39, 0.29) is 6.61 Å². The number of carbonyl (C=O) groups excluding carboxylic acids is 1. The van der Waals surface area contributed by atoms with Crippen molar-refractivity contribution >= 4 is 5.97 Å². The van der Waals surface area contributed by atoms with Crippen molar-refractivity contribution in [2.75, 3.05) is 26.2 Å². The lowest BCUT2D eigenvalue weighted by molar-refractivity contribution is -0.173. The van der Waals surface area contributed by atoms with Crippen LogP contribution in [0.3, 0.4) is 0 Å².